The summed E-state index contributed by atoms with van der Waals surface area (Å²) in [6.07, 6.45) is 2.80. The Morgan fingerprint density at radius 1 is 1.50 bits per heavy atom. The average Bonchev–Trinajstić information content (AvgIpc) is 2.72. The molecule has 2 rings (SSSR count). The fourth-order valence-electron chi connectivity index (χ4n) is 1.79. The minimum atomic E-state index is 0.0163. The molecule has 2 aromatic rings. The lowest BCUT2D eigenvalue weighted by Crippen LogP contribution is -2.24. The van der Waals surface area contributed by atoms with Gasteiger partial charge in [0.1, 0.15) is 0 Å². The van der Waals surface area contributed by atoms with Gasteiger partial charge < -0.3 is 5.32 Å². The maximum absolute atomic E-state index is 11.3. The van der Waals surface area contributed by atoms with Crippen molar-refractivity contribution in [3.05, 3.63) is 46.8 Å². The molecule has 2 nitrogen and oxygen atoms in total. The Balaban J connectivity index is 2.01. The molecule has 94 valence electrons. The van der Waals surface area contributed by atoms with Crippen molar-refractivity contribution in [2.75, 3.05) is 6.54 Å². The molecule has 0 fully saturated rings. The maximum atomic E-state index is 11.3. The number of rotatable bonds is 5. The average molecular weight is 280 g/mol. The Hall–Kier alpha value is -1.32. The standard InChI is InChI=1S/C14H14ClNOS/c1-2-3-14(17)16-7-6-10-9-18-13-5-4-11(15)8-12(10)13/h2,4-5,8-9H,1,3,6-7H2,(H,16,17). The molecule has 1 aromatic carbocycles. The molecule has 0 aliphatic rings. The van der Waals surface area contributed by atoms with Gasteiger partial charge in [-0.25, -0.2) is 0 Å². The second-order valence-corrected chi connectivity index (χ2v) is 5.34. The molecular weight excluding hydrogens is 266 g/mol. The molecule has 0 aliphatic carbocycles. The van der Waals surface area contributed by atoms with E-state index in [1.165, 1.54) is 15.6 Å². The molecule has 0 saturated carbocycles. The van der Waals surface area contributed by atoms with Crippen molar-refractivity contribution in [3.63, 3.8) is 0 Å². The second-order valence-electron chi connectivity index (χ2n) is 3.99. The summed E-state index contributed by atoms with van der Waals surface area (Å²) >= 11 is 7.70. The maximum Gasteiger partial charge on any atom is 0.223 e. The van der Waals surface area contributed by atoms with Crippen LogP contribution in [0.15, 0.2) is 36.2 Å². The Labute approximate surface area is 115 Å². The summed E-state index contributed by atoms with van der Waals surface area (Å²) in [4.78, 5) is 11.3. The van der Waals surface area contributed by atoms with Crippen LogP contribution in [0.3, 0.4) is 0 Å². The van der Waals surface area contributed by atoms with Gasteiger partial charge in [0, 0.05) is 22.7 Å². The lowest BCUT2D eigenvalue weighted by molar-refractivity contribution is -0.120. The van der Waals surface area contributed by atoms with Crippen molar-refractivity contribution in [2.24, 2.45) is 0 Å². The third-order valence-corrected chi connectivity index (χ3v) is 3.91. The van der Waals surface area contributed by atoms with Crippen LogP contribution in [0.4, 0.5) is 0 Å². The minimum Gasteiger partial charge on any atom is -0.356 e. The number of halogens is 1. The summed E-state index contributed by atoms with van der Waals surface area (Å²) in [5.41, 5.74) is 1.23. The fraction of sp³-hybridized carbons (Fsp3) is 0.214. The Morgan fingerprint density at radius 3 is 3.11 bits per heavy atom. The Bertz CT molecular complexity index is 576. The number of thiophene rings is 1. The van der Waals surface area contributed by atoms with Crippen LogP contribution in [0.5, 0.6) is 0 Å². The molecule has 0 radical (unpaired) electrons. The summed E-state index contributed by atoms with van der Waals surface area (Å²) in [7, 11) is 0. The minimum absolute atomic E-state index is 0.0163. The predicted octanol–water partition coefficient (Wildman–Crippen LogP) is 3.79. The van der Waals surface area contributed by atoms with E-state index in [1.54, 1.807) is 17.4 Å². The number of hydrogen-bond donors (Lipinski definition) is 1. The van der Waals surface area contributed by atoms with Crippen LogP contribution < -0.4 is 5.32 Å². The highest BCUT2D eigenvalue weighted by Gasteiger charge is 2.05. The molecule has 0 unspecified atom stereocenters. The normalized spacial score (nSPS) is 10.5. The van der Waals surface area contributed by atoms with Gasteiger partial charge in [-0.3, -0.25) is 4.79 Å². The monoisotopic (exact) mass is 279 g/mol. The molecule has 18 heavy (non-hydrogen) atoms. The molecule has 1 aromatic heterocycles. The van der Waals surface area contributed by atoms with E-state index in [2.05, 4.69) is 17.3 Å². The molecule has 0 saturated heterocycles. The van der Waals surface area contributed by atoms with Crippen LogP contribution in [-0.2, 0) is 11.2 Å². The van der Waals surface area contributed by atoms with Crippen LogP contribution in [0, 0.1) is 0 Å². The lowest BCUT2D eigenvalue weighted by Gasteiger charge is -2.03. The van der Waals surface area contributed by atoms with Crippen LogP contribution in [-0.4, -0.2) is 12.5 Å². The zero-order valence-electron chi connectivity index (χ0n) is 9.91. The molecule has 0 bridgehead atoms. The van der Waals surface area contributed by atoms with Crippen molar-refractivity contribution < 1.29 is 4.79 Å². The van der Waals surface area contributed by atoms with Gasteiger partial charge in [-0.2, -0.15) is 0 Å². The quantitative estimate of drug-likeness (QED) is 0.829. The van der Waals surface area contributed by atoms with Crippen LogP contribution in [0.25, 0.3) is 10.1 Å². The van der Waals surface area contributed by atoms with Crippen molar-refractivity contribution in [3.8, 4) is 0 Å². The smallest absolute Gasteiger partial charge is 0.223 e. The first-order valence-corrected chi connectivity index (χ1v) is 6.99. The topological polar surface area (TPSA) is 29.1 Å². The summed E-state index contributed by atoms with van der Waals surface area (Å²) < 4.78 is 1.23. The first kappa shape index (κ1) is 13.1. The molecule has 1 heterocycles. The van der Waals surface area contributed by atoms with E-state index in [1.807, 2.05) is 18.2 Å². The van der Waals surface area contributed by atoms with Gasteiger partial charge in [0.25, 0.3) is 0 Å². The summed E-state index contributed by atoms with van der Waals surface area (Å²) in [5, 5.41) is 6.92. The van der Waals surface area contributed by atoms with E-state index in [-0.39, 0.29) is 5.91 Å². The van der Waals surface area contributed by atoms with E-state index in [0.717, 1.165) is 11.4 Å². The number of benzene rings is 1. The van der Waals surface area contributed by atoms with Gasteiger partial charge in [0.2, 0.25) is 5.91 Å². The van der Waals surface area contributed by atoms with E-state index < -0.39 is 0 Å². The highest BCUT2D eigenvalue weighted by atomic mass is 35.5. The fourth-order valence-corrected chi connectivity index (χ4v) is 2.94. The van der Waals surface area contributed by atoms with Crippen LogP contribution >= 0.6 is 22.9 Å². The first-order chi connectivity index (χ1) is 8.70. The summed E-state index contributed by atoms with van der Waals surface area (Å²) in [6.45, 7) is 4.18. The number of fused-ring (bicyclic) bond motifs is 1. The van der Waals surface area contributed by atoms with Crippen molar-refractivity contribution in [2.45, 2.75) is 12.8 Å². The number of nitrogens with one attached hydrogen (secondary N) is 1. The third-order valence-electron chi connectivity index (χ3n) is 2.66. The molecule has 0 spiro atoms. The lowest BCUT2D eigenvalue weighted by atomic mass is 10.1. The van der Waals surface area contributed by atoms with Gasteiger partial charge in [0.15, 0.2) is 0 Å². The van der Waals surface area contributed by atoms with Crippen molar-refractivity contribution in [1.29, 1.82) is 0 Å². The summed E-state index contributed by atoms with van der Waals surface area (Å²) in [6, 6.07) is 5.91. The molecule has 0 aliphatic heterocycles. The zero-order chi connectivity index (χ0) is 13.0. The van der Waals surface area contributed by atoms with Gasteiger partial charge in [-0.05, 0) is 40.9 Å². The second kappa shape index (κ2) is 6.03. The molecule has 1 amide bonds. The Kier molecular flexibility index (Phi) is 4.39. The number of amides is 1. The van der Waals surface area contributed by atoms with Gasteiger partial charge >= 0.3 is 0 Å². The summed E-state index contributed by atoms with van der Waals surface area (Å²) in [5.74, 6) is 0.0163. The predicted molar refractivity (Wildman–Crippen MR) is 78.4 cm³/mol. The van der Waals surface area contributed by atoms with E-state index in [0.29, 0.717) is 13.0 Å². The van der Waals surface area contributed by atoms with Crippen LogP contribution in [0.1, 0.15) is 12.0 Å². The van der Waals surface area contributed by atoms with E-state index in [9.17, 15) is 4.79 Å². The number of carbonyl (C=O) groups excluding carboxylic acids is 1. The van der Waals surface area contributed by atoms with Crippen molar-refractivity contribution in [1.82, 2.24) is 5.32 Å². The highest BCUT2D eigenvalue weighted by molar-refractivity contribution is 7.17. The molecule has 0 atom stereocenters. The van der Waals surface area contributed by atoms with Crippen LogP contribution in [0.2, 0.25) is 5.02 Å². The molecule has 1 N–H and O–H groups in total. The van der Waals surface area contributed by atoms with E-state index >= 15 is 0 Å². The Morgan fingerprint density at radius 2 is 2.33 bits per heavy atom. The van der Waals surface area contributed by atoms with E-state index in [4.69, 9.17) is 11.6 Å². The number of hydrogen-bond acceptors (Lipinski definition) is 2. The SMILES string of the molecule is C=CCC(=O)NCCc1csc2ccc(Cl)cc12. The van der Waals surface area contributed by atoms with Gasteiger partial charge in [-0.1, -0.05) is 17.7 Å². The van der Waals surface area contributed by atoms with Gasteiger partial charge in [0.05, 0.1) is 0 Å². The third kappa shape index (κ3) is 3.12. The molecule has 4 heteroatoms. The van der Waals surface area contributed by atoms with Crippen molar-refractivity contribution >= 4 is 38.9 Å². The zero-order valence-corrected chi connectivity index (χ0v) is 11.5. The highest BCUT2D eigenvalue weighted by Crippen LogP contribution is 2.28. The number of carbonyl (C=O) groups is 1. The van der Waals surface area contributed by atoms with Gasteiger partial charge in [-0.15, -0.1) is 17.9 Å². The first-order valence-electron chi connectivity index (χ1n) is 5.74. The molecular formula is C14H14ClNOS. The largest absolute Gasteiger partial charge is 0.356 e.